The maximum atomic E-state index is 14.3. The Morgan fingerprint density at radius 3 is 2.31 bits per heavy atom. The summed E-state index contributed by atoms with van der Waals surface area (Å²) in [7, 11) is 2.63. The van der Waals surface area contributed by atoms with Gasteiger partial charge in [-0.3, -0.25) is 4.79 Å². The number of pyridine rings is 1. The van der Waals surface area contributed by atoms with Gasteiger partial charge in [-0.15, -0.1) is 0 Å². The summed E-state index contributed by atoms with van der Waals surface area (Å²) in [6.07, 6.45) is -4.00. The van der Waals surface area contributed by atoms with Crippen LogP contribution in [0.5, 0.6) is 5.75 Å². The van der Waals surface area contributed by atoms with Crippen LogP contribution in [0.1, 0.15) is 46.8 Å². The first-order valence-corrected chi connectivity index (χ1v) is 11.3. The molecule has 10 heteroatoms. The van der Waals surface area contributed by atoms with Gasteiger partial charge in [0.25, 0.3) is 5.56 Å². The molecule has 192 valence electrons. The number of aromatic nitrogens is 1. The Morgan fingerprint density at radius 1 is 1.11 bits per heavy atom. The number of aliphatic hydroxyl groups is 1. The number of benzene rings is 2. The molecule has 2 unspecified atom stereocenters. The van der Waals surface area contributed by atoms with Crippen molar-refractivity contribution in [1.29, 1.82) is 0 Å². The van der Waals surface area contributed by atoms with Crippen molar-refractivity contribution in [2.75, 3.05) is 14.2 Å². The monoisotopic (exact) mass is 523 g/mol. The number of carbonyl (C=O) groups is 1. The van der Waals surface area contributed by atoms with E-state index in [0.29, 0.717) is 11.1 Å². The number of aryl methyl sites for hydroxylation is 1. The average Bonchev–Trinajstić information content (AvgIpc) is 2.86. The third-order valence-electron chi connectivity index (χ3n) is 6.27. The molecule has 0 aliphatic carbocycles. The number of hydrogen-bond acceptors (Lipinski definition) is 5. The second kappa shape index (κ2) is 10.4. The fourth-order valence-electron chi connectivity index (χ4n) is 4.11. The van der Waals surface area contributed by atoms with Crippen LogP contribution in [0, 0.1) is 0 Å². The highest BCUT2D eigenvalue weighted by Gasteiger charge is 2.59. The zero-order chi connectivity index (χ0) is 26.8. The number of H-pyrrole nitrogens is 1. The average molecular weight is 524 g/mol. The Bertz CT molecular complexity index is 1340. The van der Waals surface area contributed by atoms with E-state index in [1.165, 1.54) is 39.3 Å². The van der Waals surface area contributed by atoms with Crippen molar-refractivity contribution < 1.29 is 32.5 Å². The lowest BCUT2D eigenvalue weighted by atomic mass is 9.77. The Hall–Kier alpha value is -3.30. The summed E-state index contributed by atoms with van der Waals surface area (Å²) < 4.78 is 52.9. The summed E-state index contributed by atoms with van der Waals surface area (Å²) in [5.41, 5.74) is -2.79. The Kier molecular flexibility index (Phi) is 7.85. The molecule has 0 spiro atoms. The maximum absolute atomic E-state index is 14.3. The van der Waals surface area contributed by atoms with Gasteiger partial charge >= 0.3 is 12.1 Å². The Balaban J connectivity index is 2.08. The van der Waals surface area contributed by atoms with Gasteiger partial charge in [0.05, 0.1) is 14.2 Å². The van der Waals surface area contributed by atoms with E-state index >= 15 is 0 Å². The molecule has 2 atom stereocenters. The molecular formula is C26H25ClF3NO5. The van der Waals surface area contributed by atoms with Crippen molar-refractivity contribution >= 4 is 17.6 Å². The van der Waals surface area contributed by atoms with Crippen molar-refractivity contribution in [2.24, 2.45) is 0 Å². The molecule has 0 aliphatic heterocycles. The molecule has 0 saturated carbocycles. The van der Waals surface area contributed by atoms with Gasteiger partial charge in [-0.25, -0.2) is 4.79 Å². The van der Waals surface area contributed by atoms with Crippen LogP contribution in [0.2, 0.25) is 5.02 Å². The minimum absolute atomic E-state index is 0.00109. The van der Waals surface area contributed by atoms with E-state index in [1.807, 2.05) is 0 Å². The van der Waals surface area contributed by atoms with Gasteiger partial charge < -0.3 is 19.6 Å². The number of alkyl halides is 3. The topological polar surface area (TPSA) is 88.6 Å². The van der Waals surface area contributed by atoms with E-state index in [-0.39, 0.29) is 33.9 Å². The van der Waals surface area contributed by atoms with Crippen LogP contribution < -0.4 is 10.3 Å². The highest BCUT2D eigenvalue weighted by molar-refractivity contribution is 6.31. The number of nitrogens with one attached hydrogen (secondary N) is 1. The van der Waals surface area contributed by atoms with Crippen molar-refractivity contribution in [1.82, 2.24) is 4.98 Å². The summed E-state index contributed by atoms with van der Waals surface area (Å²) in [6, 6.07) is 10.2. The molecule has 2 N–H and O–H groups in total. The van der Waals surface area contributed by atoms with Crippen LogP contribution in [-0.2, 0) is 16.8 Å². The van der Waals surface area contributed by atoms with Crippen LogP contribution in [-0.4, -0.2) is 36.5 Å². The molecular weight excluding hydrogens is 499 g/mol. The van der Waals surface area contributed by atoms with Gasteiger partial charge in [0.1, 0.15) is 11.3 Å². The predicted molar refractivity (Wildman–Crippen MR) is 130 cm³/mol. The SMILES string of the molecule is CCc1cc(C(O)(C(C)c2ccc(-c3ccc(C(=O)OC)c(OC)c3)cc2Cl)C(F)(F)F)c[nH]c1=O. The lowest BCUT2D eigenvalue weighted by Crippen LogP contribution is -2.47. The molecule has 1 aromatic heterocycles. The number of hydrogen-bond donors (Lipinski definition) is 2. The molecule has 36 heavy (non-hydrogen) atoms. The number of rotatable bonds is 7. The van der Waals surface area contributed by atoms with Crippen molar-refractivity contribution in [3.8, 4) is 16.9 Å². The molecule has 3 aromatic rings. The largest absolute Gasteiger partial charge is 0.496 e. The standard InChI is InChI=1S/C26H25ClF3NO5/c1-5-15-10-18(13-31-23(15)32)25(34,26(28,29)30)14(2)19-8-6-16(11-21(19)27)17-7-9-20(24(33)36-4)22(12-17)35-3/h6-14,34H,5H2,1-4H3,(H,31,32). The third kappa shape index (κ3) is 4.85. The van der Waals surface area contributed by atoms with E-state index in [4.69, 9.17) is 21.1 Å². The molecule has 0 aliphatic rings. The number of carbonyl (C=O) groups excluding carboxylic acids is 1. The third-order valence-corrected chi connectivity index (χ3v) is 6.59. The van der Waals surface area contributed by atoms with Crippen molar-refractivity contribution in [3.05, 3.63) is 86.3 Å². The van der Waals surface area contributed by atoms with Crippen LogP contribution in [0.4, 0.5) is 13.2 Å². The number of ether oxygens (including phenoxy) is 2. The fourth-order valence-corrected chi connectivity index (χ4v) is 4.45. The molecule has 2 aromatic carbocycles. The highest BCUT2D eigenvalue weighted by atomic mass is 35.5. The second-order valence-electron chi connectivity index (χ2n) is 8.23. The summed E-state index contributed by atoms with van der Waals surface area (Å²) in [4.78, 5) is 26.1. The highest BCUT2D eigenvalue weighted by Crippen LogP contribution is 2.50. The second-order valence-corrected chi connectivity index (χ2v) is 8.63. The minimum Gasteiger partial charge on any atom is -0.496 e. The van der Waals surface area contributed by atoms with Gasteiger partial charge in [0.15, 0.2) is 5.60 Å². The first kappa shape index (κ1) is 27.3. The smallest absolute Gasteiger partial charge is 0.422 e. The molecule has 0 saturated heterocycles. The van der Waals surface area contributed by atoms with Crippen LogP contribution >= 0.6 is 11.6 Å². The molecule has 3 rings (SSSR count). The van der Waals surface area contributed by atoms with E-state index in [2.05, 4.69) is 4.98 Å². The Labute approximate surface area is 210 Å². The van der Waals surface area contributed by atoms with Crippen LogP contribution in [0.25, 0.3) is 11.1 Å². The quantitative estimate of drug-likeness (QED) is 0.393. The molecule has 0 fully saturated rings. The lowest BCUT2D eigenvalue weighted by Gasteiger charge is -2.37. The minimum atomic E-state index is -5.07. The molecule has 0 radical (unpaired) electrons. The molecule has 0 bridgehead atoms. The fraction of sp³-hybridized carbons (Fsp3) is 0.308. The summed E-state index contributed by atoms with van der Waals surface area (Å²) >= 11 is 6.44. The predicted octanol–water partition coefficient (Wildman–Crippen LogP) is 5.61. The maximum Gasteiger partial charge on any atom is 0.422 e. The number of methoxy groups -OCH3 is 2. The Morgan fingerprint density at radius 2 is 1.75 bits per heavy atom. The van der Waals surface area contributed by atoms with Crippen LogP contribution in [0.3, 0.4) is 0 Å². The summed E-state index contributed by atoms with van der Waals surface area (Å²) in [5.74, 6) is -1.85. The van der Waals surface area contributed by atoms with Crippen LogP contribution in [0.15, 0.2) is 53.5 Å². The zero-order valence-electron chi connectivity index (χ0n) is 20.0. The van der Waals surface area contributed by atoms with Gasteiger partial charge in [-0.2, -0.15) is 13.2 Å². The molecule has 6 nitrogen and oxygen atoms in total. The first-order chi connectivity index (χ1) is 16.9. The van der Waals surface area contributed by atoms with E-state index < -0.39 is 34.8 Å². The van der Waals surface area contributed by atoms with E-state index in [0.717, 1.165) is 12.3 Å². The molecule has 1 heterocycles. The van der Waals surface area contributed by atoms with E-state index in [1.54, 1.807) is 25.1 Å². The number of aromatic amines is 1. The van der Waals surface area contributed by atoms with Crippen molar-refractivity contribution in [2.45, 2.75) is 38.0 Å². The number of halogens is 4. The van der Waals surface area contributed by atoms with Gasteiger partial charge in [-0.05, 0) is 47.4 Å². The summed E-state index contributed by atoms with van der Waals surface area (Å²) in [5, 5.41) is 11.1. The van der Waals surface area contributed by atoms with Crippen molar-refractivity contribution in [3.63, 3.8) is 0 Å². The first-order valence-electron chi connectivity index (χ1n) is 11.0. The van der Waals surface area contributed by atoms with Gasteiger partial charge in [-0.1, -0.05) is 43.6 Å². The van der Waals surface area contributed by atoms with Gasteiger partial charge in [0, 0.05) is 28.3 Å². The number of esters is 1. The van der Waals surface area contributed by atoms with Gasteiger partial charge in [0.2, 0.25) is 0 Å². The zero-order valence-corrected chi connectivity index (χ0v) is 20.8. The van der Waals surface area contributed by atoms with E-state index in [9.17, 15) is 27.9 Å². The summed E-state index contributed by atoms with van der Waals surface area (Å²) in [6.45, 7) is 2.85. The lowest BCUT2D eigenvalue weighted by molar-refractivity contribution is -0.274. The molecule has 0 amide bonds. The normalized spacial score (nSPS) is 14.1.